The van der Waals surface area contributed by atoms with Gasteiger partial charge in [-0.1, -0.05) is 64.5 Å². The van der Waals surface area contributed by atoms with Crippen LogP contribution >= 0.6 is 0 Å². The molecule has 0 heterocycles. The molecule has 1 aromatic carbocycles. The van der Waals surface area contributed by atoms with Gasteiger partial charge in [0, 0.05) is 0 Å². The Kier molecular flexibility index (Phi) is 8.93. The number of phenols is 1. The molecule has 1 rings (SSSR count). The first-order valence-corrected chi connectivity index (χ1v) is 8.23. The molecule has 0 unspecified atom stereocenters. The van der Waals surface area contributed by atoms with Gasteiger partial charge in [0.1, 0.15) is 0 Å². The van der Waals surface area contributed by atoms with Crippen molar-refractivity contribution < 1.29 is 9.84 Å². The second kappa shape index (κ2) is 10.6. The number of benzene rings is 1. The van der Waals surface area contributed by atoms with Crippen LogP contribution in [0.2, 0.25) is 0 Å². The maximum Gasteiger partial charge on any atom is 0.161 e. The van der Waals surface area contributed by atoms with Crippen LogP contribution in [0.4, 0.5) is 0 Å². The lowest BCUT2D eigenvalue weighted by Gasteiger charge is -2.10. The van der Waals surface area contributed by atoms with Gasteiger partial charge < -0.3 is 9.84 Å². The zero-order valence-corrected chi connectivity index (χ0v) is 13.2. The molecule has 0 radical (unpaired) electrons. The van der Waals surface area contributed by atoms with E-state index in [1.165, 1.54) is 38.5 Å². The summed E-state index contributed by atoms with van der Waals surface area (Å²) in [7, 11) is 0. The van der Waals surface area contributed by atoms with E-state index in [-0.39, 0.29) is 0 Å². The quantitative estimate of drug-likeness (QED) is 0.543. The van der Waals surface area contributed by atoms with E-state index in [9.17, 15) is 5.11 Å². The van der Waals surface area contributed by atoms with E-state index in [2.05, 4.69) is 13.8 Å². The summed E-state index contributed by atoms with van der Waals surface area (Å²) in [6.07, 6.45) is 11.0. The third-order valence-corrected chi connectivity index (χ3v) is 3.59. The third-order valence-electron chi connectivity index (χ3n) is 3.59. The standard InChI is InChI=1S/C18H30O2/c1-3-5-6-7-8-9-10-12-16-13-11-14-17(18(16)19)20-15-4-2/h11,13-14,19H,3-10,12,15H2,1-2H3. The molecule has 2 heteroatoms. The molecule has 0 spiro atoms. The largest absolute Gasteiger partial charge is 0.504 e. The van der Waals surface area contributed by atoms with Gasteiger partial charge in [0.2, 0.25) is 0 Å². The Morgan fingerprint density at radius 1 is 0.900 bits per heavy atom. The monoisotopic (exact) mass is 278 g/mol. The zero-order chi connectivity index (χ0) is 14.6. The third kappa shape index (κ3) is 6.31. The maximum atomic E-state index is 10.2. The summed E-state index contributed by atoms with van der Waals surface area (Å²) in [5.74, 6) is 0.972. The molecule has 114 valence electrons. The van der Waals surface area contributed by atoms with Gasteiger partial charge in [-0.15, -0.1) is 0 Å². The number of hydrogen-bond acceptors (Lipinski definition) is 2. The van der Waals surface area contributed by atoms with Crippen molar-refractivity contribution in [2.75, 3.05) is 6.61 Å². The van der Waals surface area contributed by atoms with Gasteiger partial charge in [-0.25, -0.2) is 0 Å². The molecule has 0 atom stereocenters. The second-order valence-corrected chi connectivity index (χ2v) is 5.48. The van der Waals surface area contributed by atoms with Gasteiger partial charge in [0.15, 0.2) is 11.5 Å². The highest BCUT2D eigenvalue weighted by molar-refractivity contribution is 5.45. The normalized spacial score (nSPS) is 10.7. The minimum atomic E-state index is 0.340. The summed E-state index contributed by atoms with van der Waals surface area (Å²) in [4.78, 5) is 0. The van der Waals surface area contributed by atoms with Crippen LogP contribution in [0.15, 0.2) is 18.2 Å². The van der Waals surface area contributed by atoms with Crippen molar-refractivity contribution in [3.63, 3.8) is 0 Å². The Bertz CT molecular complexity index is 360. The number of aryl methyl sites for hydroxylation is 1. The van der Waals surface area contributed by atoms with E-state index in [1.54, 1.807) is 0 Å². The molecule has 20 heavy (non-hydrogen) atoms. The Morgan fingerprint density at radius 3 is 2.30 bits per heavy atom. The number of ether oxygens (including phenoxy) is 1. The topological polar surface area (TPSA) is 29.5 Å². The second-order valence-electron chi connectivity index (χ2n) is 5.48. The molecule has 0 aliphatic rings. The van der Waals surface area contributed by atoms with E-state index in [1.807, 2.05) is 18.2 Å². The van der Waals surface area contributed by atoms with Crippen LogP contribution < -0.4 is 4.74 Å². The Hall–Kier alpha value is -1.18. The van der Waals surface area contributed by atoms with Crippen molar-refractivity contribution in [2.24, 2.45) is 0 Å². The lowest BCUT2D eigenvalue weighted by molar-refractivity contribution is 0.298. The van der Waals surface area contributed by atoms with Crippen molar-refractivity contribution in [3.8, 4) is 11.5 Å². The molecule has 0 aromatic heterocycles. The first-order chi connectivity index (χ1) is 9.79. The van der Waals surface area contributed by atoms with Crippen molar-refractivity contribution in [3.05, 3.63) is 23.8 Å². The molecular formula is C18H30O2. The van der Waals surface area contributed by atoms with Gasteiger partial charge in [0.05, 0.1) is 6.61 Å². The van der Waals surface area contributed by atoms with E-state index >= 15 is 0 Å². The van der Waals surface area contributed by atoms with Crippen LogP contribution in [0.5, 0.6) is 11.5 Å². The predicted octanol–water partition coefficient (Wildman–Crippen LogP) is 5.47. The lowest BCUT2D eigenvalue weighted by atomic mass is 10.0. The van der Waals surface area contributed by atoms with E-state index in [0.29, 0.717) is 18.1 Å². The Balaban J connectivity index is 2.29. The van der Waals surface area contributed by atoms with E-state index in [4.69, 9.17) is 4.74 Å². The van der Waals surface area contributed by atoms with Crippen molar-refractivity contribution in [2.45, 2.75) is 71.6 Å². The first-order valence-electron chi connectivity index (χ1n) is 8.23. The average molecular weight is 278 g/mol. The van der Waals surface area contributed by atoms with Crippen molar-refractivity contribution in [1.29, 1.82) is 0 Å². The van der Waals surface area contributed by atoms with Gasteiger partial charge in [-0.3, -0.25) is 0 Å². The fraction of sp³-hybridized carbons (Fsp3) is 0.667. The van der Waals surface area contributed by atoms with E-state index in [0.717, 1.165) is 24.8 Å². The highest BCUT2D eigenvalue weighted by Gasteiger charge is 2.07. The van der Waals surface area contributed by atoms with Crippen LogP contribution in [0.3, 0.4) is 0 Å². The summed E-state index contributed by atoms with van der Waals surface area (Å²) in [5.41, 5.74) is 1.02. The Morgan fingerprint density at radius 2 is 1.60 bits per heavy atom. The molecule has 0 saturated carbocycles. The highest BCUT2D eigenvalue weighted by Crippen LogP contribution is 2.31. The lowest BCUT2D eigenvalue weighted by Crippen LogP contribution is -1.97. The minimum absolute atomic E-state index is 0.340. The van der Waals surface area contributed by atoms with Crippen LogP contribution in [-0.2, 0) is 6.42 Å². The smallest absolute Gasteiger partial charge is 0.161 e. The molecule has 0 fully saturated rings. The molecule has 0 saturated heterocycles. The fourth-order valence-electron chi connectivity index (χ4n) is 2.37. The minimum Gasteiger partial charge on any atom is -0.504 e. The van der Waals surface area contributed by atoms with Gasteiger partial charge in [-0.05, 0) is 30.9 Å². The van der Waals surface area contributed by atoms with Gasteiger partial charge >= 0.3 is 0 Å². The predicted molar refractivity (Wildman–Crippen MR) is 85.6 cm³/mol. The number of para-hydroxylation sites is 1. The maximum absolute atomic E-state index is 10.2. The SMILES string of the molecule is CCCCCCCCCc1cccc(OCCC)c1O. The van der Waals surface area contributed by atoms with Crippen LogP contribution in [0.1, 0.15) is 70.8 Å². The van der Waals surface area contributed by atoms with E-state index < -0.39 is 0 Å². The summed E-state index contributed by atoms with van der Waals surface area (Å²) in [6, 6.07) is 5.83. The molecule has 1 N–H and O–H groups in total. The number of phenolic OH excluding ortho intramolecular Hbond substituents is 1. The number of rotatable bonds is 11. The fourth-order valence-corrected chi connectivity index (χ4v) is 2.37. The molecular weight excluding hydrogens is 248 g/mol. The number of hydrogen-bond donors (Lipinski definition) is 1. The summed E-state index contributed by atoms with van der Waals surface area (Å²) in [6.45, 7) is 4.98. The molecule has 0 aliphatic carbocycles. The van der Waals surface area contributed by atoms with Crippen LogP contribution in [0.25, 0.3) is 0 Å². The summed E-state index contributed by atoms with van der Waals surface area (Å²) >= 11 is 0. The summed E-state index contributed by atoms with van der Waals surface area (Å²) < 4.78 is 5.55. The first kappa shape index (κ1) is 16.9. The van der Waals surface area contributed by atoms with Gasteiger partial charge in [0.25, 0.3) is 0 Å². The van der Waals surface area contributed by atoms with Crippen molar-refractivity contribution in [1.82, 2.24) is 0 Å². The molecule has 0 aliphatic heterocycles. The zero-order valence-electron chi connectivity index (χ0n) is 13.2. The number of unbranched alkanes of at least 4 members (excludes halogenated alkanes) is 6. The molecule has 2 nitrogen and oxygen atoms in total. The average Bonchev–Trinajstić information content (AvgIpc) is 2.46. The van der Waals surface area contributed by atoms with Crippen LogP contribution in [0, 0.1) is 0 Å². The number of aromatic hydroxyl groups is 1. The molecule has 0 amide bonds. The van der Waals surface area contributed by atoms with Gasteiger partial charge in [-0.2, -0.15) is 0 Å². The molecule has 1 aromatic rings. The van der Waals surface area contributed by atoms with Crippen LogP contribution in [-0.4, -0.2) is 11.7 Å². The van der Waals surface area contributed by atoms with Crippen molar-refractivity contribution >= 4 is 0 Å². The molecule has 0 bridgehead atoms. The summed E-state index contributed by atoms with van der Waals surface area (Å²) in [5, 5.41) is 10.2. The highest BCUT2D eigenvalue weighted by atomic mass is 16.5. The Labute approximate surface area is 124 Å².